The van der Waals surface area contributed by atoms with Crippen molar-refractivity contribution in [3.8, 4) is 0 Å². The number of nitro benzene ring substituents is 1. The number of amidine groups is 1. The minimum Gasteiger partial charge on any atom is -0.286 e. The molecule has 1 amide bonds. The molecule has 9 heteroatoms. The minimum absolute atomic E-state index is 0.0466. The van der Waals surface area contributed by atoms with Crippen LogP contribution in [0.2, 0.25) is 5.02 Å². The molecule has 0 aliphatic carbocycles. The van der Waals surface area contributed by atoms with Crippen molar-refractivity contribution < 1.29 is 9.72 Å². The van der Waals surface area contributed by atoms with Gasteiger partial charge in [0.25, 0.3) is 11.6 Å². The molecule has 3 rings (SSSR count). The number of hydrogen-bond acceptors (Lipinski definition) is 5. The number of thioether (sulfide) groups is 1. The van der Waals surface area contributed by atoms with Gasteiger partial charge in [0.2, 0.25) is 0 Å². The Balaban J connectivity index is 1.72. The standard InChI is InChI=1S/C17H13BrClN3O3S/c18-12-4-5-15(19)14(9-12)16(23)21-7-6-20-17(21)26-10-11-2-1-3-13(8-11)22(24)25/h1-5,8-9H,6-7,10H2. The molecule has 0 N–H and O–H groups in total. The Morgan fingerprint density at radius 2 is 2.15 bits per heavy atom. The molecule has 26 heavy (non-hydrogen) atoms. The van der Waals surface area contributed by atoms with Crippen molar-refractivity contribution in [2.24, 2.45) is 4.99 Å². The molecule has 134 valence electrons. The Hall–Kier alpha value is -1.90. The molecule has 0 saturated heterocycles. The predicted octanol–water partition coefficient (Wildman–Crippen LogP) is 4.76. The smallest absolute Gasteiger partial charge is 0.269 e. The van der Waals surface area contributed by atoms with Gasteiger partial charge in [-0.05, 0) is 23.8 Å². The monoisotopic (exact) mass is 453 g/mol. The Labute approximate surface area is 167 Å². The molecule has 1 heterocycles. The van der Waals surface area contributed by atoms with Crippen molar-refractivity contribution in [1.29, 1.82) is 0 Å². The molecule has 0 radical (unpaired) electrons. The molecule has 0 spiro atoms. The number of carbonyl (C=O) groups excluding carboxylic acids is 1. The summed E-state index contributed by atoms with van der Waals surface area (Å²) in [4.78, 5) is 29.3. The van der Waals surface area contributed by atoms with Crippen molar-refractivity contribution in [1.82, 2.24) is 4.90 Å². The van der Waals surface area contributed by atoms with Gasteiger partial charge in [-0.15, -0.1) is 0 Å². The Kier molecular flexibility index (Phi) is 5.95. The van der Waals surface area contributed by atoms with Crippen LogP contribution in [0, 0.1) is 10.1 Å². The lowest BCUT2D eigenvalue weighted by atomic mass is 10.2. The maximum absolute atomic E-state index is 12.8. The summed E-state index contributed by atoms with van der Waals surface area (Å²) in [5, 5.41) is 11.9. The fourth-order valence-electron chi connectivity index (χ4n) is 2.45. The van der Waals surface area contributed by atoms with Gasteiger partial charge in [-0.1, -0.05) is 51.4 Å². The fourth-order valence-corrected chi connectivity index (χ4v) is 4.00. The van der Waals surface area contributed by atoms with Gasteiger partial charge in [-0.3, -0.25) is 24.8 Å². The number of nitro groups is 1. The summed E-state index contributed by atoms with van der Waals surface area (Å²) in [6.07, 6.45) is 0. The zero-order valence-electron chi connectivity index (χ0n) is 13.4. The van der Waals surface area contributed by atoms with Crippen molar-refractivity contribution in [3.05, 3.63) is 73.2 Å². The van der Waals surface area contributed by atoms with Gasteiger partial charge in [0.1, 0.15) is 0 Å². The highest BCUT2D eigenvalue weighted by atomic mass is 79.9. The maximum Gasteiger partial charge on any atom is 0.269 e. The summed E-state index contributed by atoms with van der Waals surface area (Å²) in [6.45, 7) is 1.01. The number of carbonyl (C=O) groups is 1. The summed E-state index contributed by atoms with van der Waals surface area (Å²) in [6, 6.07) is 11.6. The van der Waals surface area contributed by atoms with E-state index in [2.05, 4.69) is 20.9 Å². The molecule has 0 atom stereocenters. The van der Waals surface area contributed by atoms with E-state index in [1.54, 1.807) is 29.2 Å². The molecule has 2 aromatic rings. The van der Waals surface area contributed by atoms with Gasteiger partial charge in [0, 0.05) is 28.9 Å². The number of nitrogens with zero attached hydrogens (tertiary/aromatic N) is 3. The average molecular weight is 455 g/mol. The number of hydrogen-bond donors (Lipinski definition) is 0. The average Bonchev–Trinajstić information content (AvgIpc) is 3.10. The molecule has 0 fully saturated rings. The highest BCUT2D eigenvalue weighted by molar-refractivity contribution is 9.10. The second-order valence-electron chi connectivity index (χ2n) is 5.46. The Morgan fingerprint density at radius 3 is 2.92 bits per heavy atom. The van der Waals surface area contributed by atoms with Crippen LogP contribution in [0.15, 0.2) is 51.9 Å². The first-order chi connectivity index (χ1) is 12.5. The van der Waals surface area contributed by atoms with E-state index in [-0.39, 0.29) is 11.6 Å². The first kappa shape index (κ1) is 18.9. The molecule has 1 aliphatic rings. The zero-order chi connectivity index (χ0) is 18.7. The van der Waals surface area contributed by atoms with Crippen LogP contribution in [0.5, 0.6) is 0 Å². The second kappa shape index (κ2) is 8.20. The number of aliphatic imine (C=N–C) groups is 1. The third-order valence-corrected chi connectivity index (χ3v) is 5.60. The van der Waals surface area contributed by atoms with E-state index in [0.717, 1.165) is 10.0 Å². The SMILES string of the molecule is O=C(c1cc(Br)ccc1Cl)N1CCN=C1SCc1cccc([N+](=O)[O-])c1. The van der Waals surface area contributed by atoms with Gasteiger partial charge in [0.05, 0.1) is 22.1 Å². The van der Waals surface area contributed by atoms with Crippen LogP contribution in [0.4, 0.5) is 5.69 Å². The molecule has 0 bridgehead atoms. The molecule has 1 aliphatic heterocycles. The molecule has 0 saturated carbocycles. The predicted molar refractivity (Wildman–Crippen MR) is 107 cm³/mol. The first-order valence-electron chi connectivity index (χ1n) is 7.63. The van der Waals surface area contributed by atoms with Crippen LogP contribution < -0.4 is 0 Å². The van der Waals surface area contributed by atoms with Crippen LogP contribution in [-0.4, -0.2) is 34.0 Å². The maximum atomic E-state index is 12.8. The molecular formula is C17H13BrClN3O3S. The largest absolute Gasteiger partial charge is 0.286 e. The van der Waals surface area contributed by atoms with E-state index in [9.17, 15) is 14.9 Å². The first-order valence-corrected chi connectivity index (χ1v) is 9.79. The molecule has 0 unspecified atom stereocenters. The quantitative estimate of drug-likeness (QED) is 0.493. The van der Waals surface area contributed by atoms with Crippen molar-refractivity contribution in [2.75, 3.05) is 13.1 Å². The fraction of sp³-hybridized carbons (Fsp3) is 0.176. The Bertz CT molecular complexity index is 907. The number of halogens is 2. The lowest BCUT2D eigenvalue weighted by molar-refractivity contribution is -0.384. The van der Waals surface area contributed by atoms with E-state index in [4.69, 9.17) is 11.6 Å². The summed E-state index contributed by atoms with van der Waals surface area (Å²) in [5.41, 5.74) is 1.25. The minimum atomic E-state index is -0.424. The lowest BCUT2D eigenvalue weighted by Gasteiger charge is -2.18. The molecular weight excluding hydrogens is 442 g/mol. The van der Waals surface area contributed by atoms with E-state index in [1.807, 2.05) is 6.07 Å². The highest BCUT2D eigenvalue weighted by Crippen LogP contribution is 2.27. The van der Waals surface area contributed by atoms with Crippen LogP contribution >= 0.6 is 39.3 Å². The van der Waals surface area contributed by atoms with E-state index in [0.29, 0.717) is 34.6 Å². The number of non-ortho nitro benzene ring substituents is 1. The Morgan fingerprint density at radius 1 is 1.35 bits per heavy atom. The lowest BCUT2D eigenvalue weighted by Crippen LogP contribution is -2.33. The van der Waals surface area contributed by atoms with Crippen LogP contribution in [-0.2, 0) is 5.75 Å². The van der Waals surface area contributed by atoms with Gasteiger partial charge >= 0.3 is 0 Å². The zero-order valence-corrected chi connectivity index (χ0v) is 16.6. The van der Waals surface area contributed by atoms with Crippen molar-refractivity contribution in [2.45, 2.75) is 5.75 Å². The molecule has 0 aromatic heterocycles. The van der Waals surface area contributed by atoms with Crippen molar-refractivity contribution in [3.63, 3.8) is 0 Å². The van der Waals surface area contributed by atoms with Gasteiger partial charge in [-0.2, -0.15) is 0 Å². The van der Waals surface area contributed by atoms with Crippen molar-refractivity contribution >= 4 is 56.1 Å². The summed E-state index contributed by atoms with van der Waals surface area (Å²) < 4.78 is 0.771. The topological polar surface area (TPSA) is 75.8 Å². The molecule has 6 nitrogen and oxygen atoms in total. The molecule has 2 aromatic carbocycles. The van der Waals surface area contributed by atoms with Crippen LogP contribution in [0.25, 0.3) is 0 Å². The van der Waals surface area contributed by atoms with E-state index >= 15 is 0 Å². The normalized spacial score (nSPS) is 13.6. The number of benzene rings is 2. The van der Waals surface area contributed by atoms with Crippen LogP contribution in [0.1, 0.15) is 15.9 Å². The van der Waals surface area contributed by atoms with Gasteiger partial charge < -0.3 is 0 Å². The third kappa shape index (κ3) is 4.25. The summed E-state index contributed by atoms with van der Waals surface area (Å²) in [7, 11) is 0. The summed E-state index contributed by atoms with van der Waals surface area (Å²) in [5.74, 6) is 0.273. The summed E-state index contributed by atoms with van der Waals surface area (Å²) >= 11 is 10.9. The second-order valence-corrected chi connectivity index (χ2v) is 7.73. The van der Waals surface area contributed by atoms with Gasteiger partial charge in [0.15, 0.2) is 5.17 Å². The van der Waals surface area contributed by atoms with E-state index in [1.165, 1.54) is 23.9 Å². The van der Waals surface area contributed by atoms with Crippen LogP contribution in [0.3, 0.4) is 0 Å². The van der Waals surface area contributed by atoms with Gasteiger partial charge in [-0.25, -0.2) is 0 Å². The number of amides is 1. The van der Waals surface area contributed by atoms with E-state index < -0.39 is 4.92 Å². The highest BCUT2D eigenvalue weighted by Gasteiger charge is 2.26. The number of rotatable bonds is 4. The third-order valence-electron chi connectivity index (χ3n) is 3.69.